The van der Waals surface area contributed by atoms with Gasteiger partial charge in [-0.3, -0.25) is 0 Å². The molecule has 0 bridgehead atoms. The third-order valence-electron chi connectivity index (χ3n) is 2.97. The molecule has 1 aliphatic carbocycles. The minimum absolute atomic E-state index is 1.02. The Balaban J connectivity index is 2.23. The van der Waals surface area contributed by atoms with Gasteiger partial charge in [-0.05, 0) is 37.0 Å². The van der Waals surface area contributed by atoms with Crippen LogP contribution in [0, 0.1) is 0 Å². The molecule has 2 heteroatoms. The van der Waals surface area contributed by atoms with Gasteiger partial charge in [0.25, 0.3) is 0 Å². The Hall–Kier alpha value is -1.44. The van der Waals surface area contributed by atoms with E-state index in [1.54, 1.807) is 7.11 Å². The highest BCUT2D eigenvalue weighted by atomic mass is 16.5. The summed E-state index contributed by atoms with van der Waals surface area (Å²) in [7, 11) is 1.74. The third-order valence-corrected chi connectivity index (χ3v) is 2.97. The first-order chi connectivity index (χ1) is 7.85. The molecule has 0 aromatic heterocycles. The monoisotopic (exact) mass is 217 g/mol. The molecule has 0 radical (unpaired) electrons. The van der Waals surface area contributed by atoms with Crippen LogP contribution >= 0.6 is 0 Å². The number of hydrogen-bond donors (Lipinski definition) is 1. The normalized spacial score (nSPS) is 14.0. The first-order valence-corrected chi connectivity index (χ1v) is 5.95. The fourth-order valence-corrected chi connectivity index (χ4v) is 2.12. The van der Waals surface area contributed by atoms with E-state index in [-0.39, 0.29) is 0 Å². The van der Waals surface area contributed by atoms with E-state index in [1.165, 1.54) is 23.2 Å². The zero-order valence-corrected chi connectivity index (χ0v) is 10.0. The zero-order chi connectivity index (χ0) is 11.4. The van der Waals surface area contributed by atoms with Gasteiger partial charge in [0.15, 0.2) is 0 Å². The van der Waals surface area contributed by atoms with Crippen molar-refractivity contribution in [3.8, 4) is 5.75 Å². The fraction of sp³-hybridized carbons (Fsp3) is 0.429. The van der Waals surface area contributed by atoms with Crippen LogP contribution in [0.5, 0.6) is 5.75 Å². The van der Waals surface area contributed by atoms with E-state index in [9.17, 15) is 0 Å². The van der Waals surface area contributed by atoms with Crippen LogP contribution in [0.15, 0.2) is 23.9 Å². The van der Waals surface area contributed by atoms with Crippen LogP contribution in [0.4, 0.5) is 0 Å². The van der Waals surface area contributed by atoms with Crippen LogP contribution in [0.2, 0.25) is 0 Å². The van der Waals surface area contributed by atoms with Gasteiger partial charge in [0, 0.05) is 17.8 Å². The van der Waals surface area contributed by atoms with Gasteiger partial charge in [-0.2, -0.15) is 0 Å². The molecule has 1 aliphatic rings. The summed E-state index contributed by atoms with van der Waals surface area (Å²) in [5.74, 6) is 1.02. The standard InChI is InChI=1S/C14H19NO/c1-3-9-15-12-7-8-13-11(10-12)5-4-6-14(13)16-2/h4-6,10,15H,3,7-9H2,1-2H3. The Morgan fingerprint density at radius 3 is 2.94 bits per heavy atom. The van der Waals surface area contributed by atoms with Crippen LogP contribution in [-0.2, 0) is 6.42 Å². The quantitative estimate of drug-likeness (QED) is 0.837. The van der Waals surface area contributed by atoms with Gasteiger partial charge in [-0.15, -0.1) is 0 Å². The summed E-state index contributed by atoms with van der Waals surface area (Å²) in [4.78, 5) is 0. The predicted molar refractivity (Wildman–Crippen MR) is 67.6 cm³/mol. The number of rotatable bonds is 4. The Morgan fingerprint density at radius 2 is 2.19 bits per heavy atom. The Kier molecular flexibility index (Phi) is 3.50. The molecule has 2 nitrogen and oxygen atoms in total. The van der Waals surface area contributed by atoms with E-state index in [1.807, 2.05) is 6.07 Å². The molecular weight excluding hydrogens is 198 g/mol. The summed E-state index contributed by atoms with van der Waals surface area (Å²) >= 11 is 0. The van der Waals surface area contributed by atoms with Gasteiger partial charge in [-0.1, -0.05) is 19.1 Å². The highest BCUT2D eigenvalue weighted by molar-refractivity contribution is 5.62. The van der Waals surface area contributed by atoms with Gasteiger partial charge in [0.2, 0.25) is 0 Å². The topological polar surface area (TPSA) is 21.3 Å². The molecular formula is C14H19NO. The molecule has 0 heterocycles. The molecule has 0 atom stereocenters. The lowest BCUT2D eigenvalue weighted by atomic mass is 9.94. The minimum Gasteiger partial charge on any atom is -0.496 e. The lowest BCUT2D eigenvalue weighted by Gasteiger charge is -2.19. The summed E-state index contributed by atoms with van der Waals surface area (Å²) in [6.07, 6.45) is 5.58. The molecule has 0 unspecified atom stereocenters. The lowest BCUT2D eigenvalue weighted by Crippen LogP contribution is -2.17. The van der Waals surface area contributed by atoms with Gasteiger partial charge in [-0.25, -0.2) is 0 Å². The highest BCUT2D eigenvalue weighted by Gasteiger charge is 2.13. The van der Waals surface area contributed by atoms with Crippen molar-refractivity contribution in [3.63, 3.8) is 0 Å². The van der Waals surface area contributed by atoms with Crippen molar-refractivity contribution < 1.29 is 4.74 Å². The van der Waals surface area contributed by atoms with Crippen molar-refractivity contribution in [2.75, 3.05) is 13.7 Å². The van der Waals surface area contributed by atoms with Crippen molar-refractivity contribution in [2.24, 2.45) is 0 Å². The van der Waals surface area contributed by atoms with Crippen molar-refractivity contribution in [1.29, 1.82) is 0 Å². The largest absolute Gasteiger partial charge is 0.496 e. The maximum Gasteiger partial charge on any atom is 0.122 e. The molecule has 0 aliphatic heterocycles. The van der Waals surface area contributed by atoms with Crippen LogP contribution in [0.3, 0.4) is 0 Å². The summed E-state index contributed by atoms with van der Waals surface area (Å²) in [5, 5.41) is 3.47. The number of ether oxygens (including phenoxy) is 1. The number of hydrogen-bond acceptors (Lipinski definition) is 2. The SMILES string of the molecule is CCCNC1=Cc2cccc(OC)c2CC1. The Morgan fingerprint density at radius 1 is 1.31 bits per heavy atom. The molecule has 0 saturated heterocycles. The van der Waals surface area contributed by atoms with Crippen LogP contribution in [0.25, 0.3) is 6.08 Å². The summed E-state index contributed by atoms with van der Waals surface area (Å²) < 4.78 is 5.38. The molecule has 0 fully saturated rings. The minimum atomic E-state index is 1.02. The van der Waals surface area contributed by atoms with Crippen LogP contribution in [0.1, 0.15) is 30.9 Å². The molecule has 86 valence electrons. The van der Waals surface area contributed by atoms with E-state index in [2.05, 4.69) is 30.4 Å². The van der Waals surface area contributed by atoms with Crippen molar-refractivity contribution in [3.05, 3.63) is 35.0 Å². The predicted octanol–water partition coefficient (Wildman–Crippen LogP) is 2.98. The first-order valence-electron chi connectivity index (χ1n) is 5.95. The second kappa shape index (κ2) is 5.06. The Labute approximate surface area is 97.3 Å². The van der Waals surface area contributed by atoms with E-state index < -0.39 is 0 Å². The molecule has 0 saturated carbocycles. The average Bonchev–Trinajstić information content (AvgIpc) is 2.35. The van der Waals surface area contributed by atoms with Crippen molar-refractivity contribution in [1.82, 2.24) is 5.32 Å². The third kappa shape index (κ3) is 2.21. The van der Waals surface area contributed by atoms with Gasteiger partial charge < -0.3 is 10.1 Å². The molecule has 1 N–H and O–H groups in total. The van der Waals surface area contributed by atoms with Gasteiger partial charge in [0.05, 0.1) is 7.11 Å². The fourth-order valence-electron chi connectivity index (χ4n) is 2.12. The maximum atomic E-state index is 5.38. The van der Waals surface area contributed by atoms with E-state index in [0.717, 1.165) is 25.1 Å². The maximum absolute atomic E-state index is 5.38. The lowest BCUT2D eigenvalue weighted by molar-refractivity contribution is 0.409. The van der Waals surface area contributed by atoms with Gasteiger partial charge in [0.1, 0.15) is 5.75 Å². The zero-order valence-electron chi connectivity index (χ0n) is 10.0. The molecule has 2 rings (SSSR count). The highest BCUT2D eigenvalue weighted by Crippen LogP contribution is 2.29. The molecule has 0 amide bonds. The van der Waals surface area contributed by atoms with E-state index in [0.29, 0.717) is 0 Å². The first kappa shape index (κ1) is 11.1. The Bertz CT molecular complexity index is 396. The van der Waals surface area contributed by atoms with Crippen LogP contribution in [-0.4, -0.2) is 13.7 Å². The van der Waals surface area contributed by atoms with E-state index >= 15 is 0 Å². The molecule has 16 heavy (non-hydrogen) atoms. The van der Waals surface area contributed by atoms with Gasteiger partial charge >= 0.3 is 0 Å². The smallest absolute Gasteiger partial charge is 0.122 e. The summed E-state index contributed by atoms with van der Waals surface area (Å²) in [5.41, 5.74) is 3.99. The number of allylic oxidation sites excluding steroid dienone is 1. The molecule has 1 aromatic rings. The molecule has 1 aromatic carbocycles. The van der Waals surface area contributed by atoms with Crippen molar-refractivity contribution in [2.45, 2.75) is 26.2 Å². The number of nitrogens with one attached hydrogen (secondary N) is 1. The summed E-state index contributed by atoms with van der Waals surface area (Å²) in [6, 6.07) is 6.25. The number of methoxy groups -OCH3 is 1. The van der Waals surface area contributed by atoms with Crippen molar-refractivity contribution >= 4 is 6.08 Å². The number of fused-ring (bicyclic) bond motifs is 1. The summed E-state index contributed by atoms with van der Waals surface area (Å²) in [6.45, 7) is 3.25. The second-order valence-electron chi connectivity index (χ2n) is 4.12. The number of benzene rings is 1. The second-order valence-corrected chi connectivity index (χ2v) is 4.12. The van der Waals surface area contributed by atoms with E-state index in [4.69, 9.17) is 4.74 Å². The average molecular weight is 217 g/mol. The van der Waals surface area contributed by atoms with Crippen LogP contribution < -0.4 is 10.1 Å². The molecule has 0 spiro atoms.